The molecule has 2 fully saturated rings. The van der Waals surface area contributed by atoms with E-state index < -0.39 is 0 Å². The van der Waals surface area contributed by atoms with Crippen LogP contribution in [0.2, 0.25) is 0 Å². The molecule has 0 aliphatic carbocycles. The summed E-state index contributed by atoms with van der Waals surface area (Å²) in [6.07, 6.45) is 2.66. The summed E-state index contributed by atoms with van der Waals surface area (Å²) in [7, 11) is 1.64. The topological polar surface area (TPSA) is 78.5 Å². The molecule has 3 N–H and O–H groups in total. The predicted molar refractivity (Wildman–Crippen MR) is 105 cm³/mol. The van der Waals surface area contributed by atoms with Crippen molar-refractivity contribution in [3.63, 3.8) is 0 Å². The van der Waals surface area contributed by atoms with Gasteiger partial charge in [0.05, 0.1) is 7.11 Å². The summed E-state index contributed by atoms with van der Waals surface area (Å²) in [4.78, 5) is 19.3. The Bertz CT molecular complexity index is 835. The van der Waals surface area contributed by atoms with Gasteiger partial charge in [0.1, 0.15) is 17.6 Å². The Morgan fingerprint density at radius 1 is 1.26 bits per heavy atom. The highest BCUT2D eigenvalue weighted by molar-refractivity contribution is 6.00. The SMILES string of the molecule is COc1cccc(NC2CCN(c3cc(C)c(C4CNNC4)cn3)C2=O)c1. The van der Waals surface area contributed by atoms with E-state index in [0.717, 1.165) is 36.8 Å². The van der Waals surface area contributed by atoms with Gasteiger partial charge in [0.15, 0.2) is 0 Å². The number of aryl methyl sites for hydroxylation is 1. The molecule has 27 heavy (non-hydrogen) atoms. The van der Waals surface area contributed by atoms with Crippen LogP contribution in [-0.4, -0.2) is 43.7 Å². The lowest BCUT2D eigenvalue weighted by Crippen LogP contribution is -2.34. The van der Waals surface area contributed by atoms with Gasteiger partial charge in [0.25, 0.3) is 5.91 Å². The molecule has 0 saturated carbocycles. The number of benzene rings is 1. The number of carbonyl (C=O) groups excluding carboxylic acids is 1. The highest BCUT2D eigenvalue weighted by Crippen LogP contribution is 2.27. The Morgan fingerprint density at radius 3 is 2.81 bits per heavy atom. The van der Waals surface area contributed by atoms with Crippen molar-refractivity contribution in [3.05, 3.63) is 47.7 Å². The normalized spacial score (nSPS) is 20.3. The first-order chi connectivity index (χ1) is 13.2. The molecule has 2 aromatic rings. The van der Waals surface area contributed by atoms with Crippen LogP contribution >= 0.6 is 0 Å². The molecule has 3 heterocycles. The first-order valence-electron chi connectivity index (χ1n) is 9.30. The Hall–Kier alpha value is -2.64. The van der Waals surface area contributed by atoms with Crippen molar-refractivity contribution in [1.82, 2.24) is 15.8 Å². The summed E-state index contributed by atoms with van der Waals surface area (Å²) in [6.45, 7) is 4.55. The number of hydrazine groups is 1. The fraction of sp³-hybridized carbons (Fsp3) is 0.400. The summed E-state index contributed by atoms with van der Waals surface area (Å²) in [6, 6.07) is 9.42. The van der Waals surface area contributed by atoms with E-state index in [4.69, 9.17) is 4.74 Å². The average molecular weight is 367 g/mol. The van der Waals surface area contributed by atoms with Crippen molar-refractivity contribution < 1.29 is 9.53 Å². The Kier molecular flexibility index (Phi) is 4.96. The van der Waals surface area contributed by atoms with Crippen molar-refractivity contribution in [1.29, 1.82) is 0 Å². The summed E-state index contributed by atoms with van der Waals surface area (Å²) in [5.41, 5.74) is 9.59. The molecule has 2 saturated heterocycles. The Balaban J connectivity index is 1.47. The molecule has 142 valence electrons. The third-order valence-corrected chi connectivity index (χ3v) is 5.29. The zero-order valence-corrected chi connectivity index (χ0v) is 15.7. The molecule has 7 heteroatoms. The minimum atomic E-state index is -0.248. The van der Waals surface area contributed by atoms with E-state index in [1.807, 2.05) is 36.5 Å². The quantitative estimate of drug-likeness (QED) is 0.748. The number of methoxy groups -OCH3 is 1. The number of pyridine rings is 1. The maximum atomic E-state index is 12.9. The number of hydrogen-bond donors (Lipinski definition) is 3. The minimum Gasteiger partial charge on any atom is -0.497 e. The molecule has 2 aliphatic rings. The fourth-order valence-corrected chi connectivity index (χ4v) is 3.76. The number of nitrogens with one attached hydrogen (secondary N) is 3. The molecule has 0 spiro atoms. The molecule has 1 aromatic carbocycles. The van der Waals surface area contributed by atoms with Gasteiger partial charge in [-0.25, -0.2) is 4.98 Å². The molecule has 0 radical (unpaired) electrons. The number of nitrogens with zero attached hydrogens (tertiary/aromatic N) is 2. The third kappa shape index (κ3) is 3.61. The van der Waals surface area contributed by atoms with Crippen LogP contribution in [0.25, 0.3) is 0 Å². The molecule has 0 bridgehead atoms. The lowest BCUT2D eigenvalue weighted by molar-refractivity contribution is -0.117. The van der Waals surface area contributed by atoms with Gasteiger partial charge in [-0.15, -0.1) is 0 Å². The lowest BCUT2D eigenvalue weighted by atomic mass is 9.98. The van der Waals surface area contributed by atoms with E-state index in [-0.39, 0.29) is 11.9 Å². The molecule has 1 unspecified atom stereocenters. The molecular weight excluding hydrogens is 342 g/mol. The van der Waals surface area contributed by atoms with Crippen LogP contribution < -0.4 is 25.8 Å². The van der Waals surface area contributed by atoms with Crippen LogP contribution in [0.5, 0.6) is 5.75 Å². The second kappa shape index (κ2) is 7.54. The van der Waals surface area contributed by atoms with Crippen molar-refractivity contribution >= 4 is 17.4 Å². The molecular formula is C20H25N5O2. The number of rotatable bonds is 5. The van der Waals surface area contributed by atoms with Gasteiger partial charge in [-0.3, -0.25) is 20.5 Å². The number of hydrogen-bond acceptors (Lipinski definition) is 6. The number of amides is 1. The number of ether oxygens (including phenoxy) is 1. The van der Waals surface area contributed by atoms with Crippen LogP contribution in [-0.2, 0) is 4.79 Å². The van der Waals surface area contributed by atoms with Crippen LogP contribution in [0, 0.1) is 6.92 Å². The lowest BCUT2D eigenvalue weighted by Gasteiger charge is -2.19. The first kappa shape index (κ1) is 17.8. The monoisotopic (exact) mass is 367 g/mol. The fourth-order valence-electron chi connectivity index (χ4n) is 3.76. The van der Waals surface area contributed by atoms with E-state index in [2.05, 4.69) is 28.1 Å². The maximum Gasteiger partial charge on any atom is 0.250 e. The number of anilines is 2. The maximum absolute atomic E-state index is 12.9. The minimum absolute atomic E-state index is 0.0571. The summed E-state index contributed by atoms with van der Waals surface area (Å²) in [5.74, 6) is 1.98. The van der Waals surface area contributed by atoms with E-state index in [1.54, 1.807) is 12.0 Å². The molecule has 1 atom stereocenters. The smallest absolute Gasteiger partial charge is 0.250 e. The number of aromatic nitrogens is 1. The van der Waals surface area contributed by atoms with Gasteiger partial charge in [0, 0.05) is 43.5 Å². The number of carbonyl (C=O) groups is 1. The van der Waals surface area contributed by atoms with Gasteiger partial charge < -0.3 is 10.1 Å². The van der Waals surface area contributed by atoms with E-state index in [9.17, 15) is 4.79 Å². The highest BCUT2D eigenvalue weighted by Gasteiger charge is 2.33. The molecule has 1 amide bonds. The van der Waals surface area contributed by atoms with E-state index in [0.29, 0.717) is 12.5 Å². The van der Waals surface area contributed by atoms with Gasteiger partial charge in [-0.05, 0) is 42.7 Å². The van der Waals surface area contributed by atoms with Crippen LogP contribution in [0.3, 0.4) is 0 Å². The van der Waals surface area contributed by atoms with Crippen molar-refractivity contribution in [2.45, 2.75) is 25.3 Å². The van der Waals surface area contributed by atoms with Crippen molar-refractivity contribution in [3.8, 4) is 5.75 Å². The largest absolute Gasteiger partial charge is 0.497 e. The van der Waals surface area contributed by atoms with Gasteiger partial charge >= 0.3 is 0 Å². The zero-order chi connectivity index (χ0) is 18.8. The first-order valence-corrected chi connectivity index (χ1v) is 9.30. The highest BCUT2D eigenvalue weighted by atomic mass is 16.5. The summed E-state index contributed by atoms with van der Waals surface area (Å²) < 4.78 is 5.25. The molecule has 7 nitrogen and oxygen atoms in total. The Labute approximate surface area is 159 Å². The summed E-state index contributed by atoms with van der Waals surface area (Å²) in [5, 5.41) is 3.32. The average Bonchev–Trinajstić information content (AvgIpc) is 3.33. The van der Waals surface area contributed by atoms with E-state index >= 15 is 0 Å². The van der Waals surface area contributed by atoms with Crippen LogP contribution in [0.4, 0.5) is 11.5 Å². The standard InChI is InChI=1S/C20H25N5O2/c1-13-8-19(21-12-17(13)14-10-22-23-11-14)25-7-6-18(20(25)26)24-15-4-3-5-16(9-15)27-2/h3-5,8-9,12,14,18,22-24H,6-7,10-11H2,1-2H3. The second-order valence-electron chi connectivity index (χ2n) is 7.07. The second-order valence-corrected chi connectivity index (χ2v) is 7.07. The molecule has 2 aliphatic heterocycles. The van der Waals surface area contributed by atoms with Gasteiger partial charge in [-0.2, -0.15) is 0 Å². The van der Waals surface area contributed by atoms with Gasteiger partial charge in [0.2, 0.25) is 0 Å². The van der Waals surface area contributed by atoms with Crippen molar-refractivity contribution in [2.24, 2.45) is 0 Å². The molecule has 4 rings (SSSR count). The van der Waals surface area contributed by atoms with Crippen LogP contribution in [0.15, 0.2) is 36.5 Å². The zero-order valence-electron chi connectivity index (χ0n) is 15.7. The van der Waals surface area contributed by atoms with Crippen LogP contribution in [0.1, 0.15) is 23.5 Å². The Morgan fingerprint density at radius 2 is 2.07 bits per heavy atom. The van der Waals surface area contributed by atoms with E-state index in [1.165, 1.54) is 11.1 Å². The molecule has 1 aromatic heterocycles. The van der Waals surface area contributed by atoms with Gasteiger partial charge in [-0.1, -0.05) is 6.07 Å². The predicted octanol–water partition coefficient (Wildman–Crippen LogP) is 1.81. The van der Waals surface area contributed by atoms with Crippen molar-refractivity contribution in [2.75, 3.05) is 37.0 Å². The third-order valence-electron chi connectivity index (χ3n) is 5.29. The summed E-state index contributed by atoms with van der Waals surface area (Å²) >= 11 is 0.